The summed E-state index contributed by atoms with van der Waals surface area (Å²) in [7, 11) is 2.12. The summed E-state index contributed by atoms with van der Waals surface area (Å²) in [6.45, 7) is 3.88. The lowest BCUT2D eigenvalue weighted by molar-refractivity contribution is 1.01. The zero-order valence-electron chi connectivity index (χ0n) is 33.1. The highest BCUT2D eigenvalue weighted by atomic mass is 15.1. The summed E-state index contributed by atoms with van der Waals surface area (Å²) in [6, 6.07) is 81.9. The first kappa shape index (κ1) is 36.9. The molecular weight excluding hydrogens is 713 g/mol. The van der Waals surface area contributed by atoms with Crippen LogP contribution in [0.2, 0.25) is 0 Å². The van der Waals surface area contributed by atoms with Crippen LogP contribution in [0, 0.1) is 0 Å². The third-order valence-electron chi connectivity index (χ3n) is 11.1. The number of benzene rings is 9. The number of hydrogen-bond donors (Lipinski definition) is 0. The van der Waals surface area contributed by atoms with Gasteiger partial charge in [0.15, 0.2) is 0 Å². The van der Waals surface area contributed by atoms with Crippen LogP contribution in [0.15, 0.2) is 237 Å². The first-order valence-electron chi connectivity index (χ1n) is 20.1. The summed E-state index contributed by atoms with van der Waals surface area (Å²) in [5.74, 6) is 0. The van der Waals surface area contributed by atoms with Crippen LogP contribution >= 0.6 is 0 Å². The Morgan fingerprint density at radius 1 is 0.322 bits per heavy atom. The predicted molar refractivity (Wildman–Crippen MR) is 253 cm³/mol. The van der Waals surface area contributed by atoms with Gasteiger partial charge in [0.05, 0.1) is 0 Å². The topological polar surface area (TPSA) is 8.17 Å². The van der Waals surface area contributed by atoms with E-state index in [0.29, 0.717) is 0 Å². The molecule has 10 rings (SSSR count). The zero-order chi connectivity index (χ0) is 40.0. The van der Waals surface area contributed by atoms with Crippen molar-refractivity contribution in [3.8, 4) is 44.5 Å². The SMILES string of the molecule is C=Cc1ccc(-c2ccc(N(c3ccc(-c4ccccc4)cc3)c3ccc(-c4ccc(-c5ccccc5)cc4)cc3)cc2)cc1.Cn1c2ccccc2c2ccccc21. The molecule has 0 atom stereocenters. The lowest BCUT2D eigenvalue weighted by Gasteiger charge is -2.26. The van der Waals surface area contributed by atoms with Crippen molar-refractivity contribution < 1.29 is 0 Å². The van der Waals surface area contributed by atoms with Crippen molar-refractivity contribution in [1.29, 1.82) is 0 Å². The van der Waals surface area contributed by atoms with Gasteiger partial charge >= 0.3 is 0 Å². The van der Waals surface area contributed by atoms with Crippen LogP contribution in [0.25, 0.3) is 72.4 Å². The Hall–Kier alpha value is -7.68. The van der Waals surface area contributed by atoms with E-state index in [2.05, 4.69) is 254 Å². The first-order chi connectivity index (χ1) is 29.1. The molecule has 10 aromatic rings. The average molecular weight is 757 g/mol. The number of hydrogen-bond acceptors (Lipinski definition) is 1. The van der Waals surface area contributed by atoms with Crippen molar-refractivity contribution in [1.82, 2.24) is 4.57 Å². The molecule has 0 unspecified atom stereocenters. The average Bonchev–Trinajstić information content (AvgIpc) is 3.62. The highest BCUT2D eigenvalue weighted by Gasteiger charge is 2.14. The van der Waals surface area contributed by atoms with Crippen LogP contribution in [0.4, 0.5) is 17.1 Å². The second-order valence-electron chi connectivity index (χ2n) is 14.7. The molecule has 282 valence electrons. The van der Waals surface area contributed by atoms with Crippen LogP contribution in [0.5, 0.6) is 0 Å². The summed E-state index contributed by atoms with van der Waals surface area (Å²) in [5, 5.41) is 2.68. The molecule has 0 bridgehead atoms. The smallest absolute Gasteiger partial charge is 0.0488 e. The van der Waals surface area contributed by atoms with Crippen molar-refractivity contribution in [3.63, 3.8) is 0 Å². The molecule has 9 aromatic carbocycles. The summed E-state index contributed by atoms with van der Waals surface area (Å²) >= 11 is 0. The Bertz CT molecular complexity index is 2890. The maximum Gasteiger partial charge on any atom is 0.0488 e. The van der Waals surface area contributed by atoms with Crippen LogP contribution in [0.3, 0.4) is 0 Å². The maximum absolute atomic E-state index is 3.88. The molecule has 59 heavy (non-hydrogen) atoms. The van der Waals surface area contributed by atoms with E-state index in [4.69, 9.17) is 0 Å². The van der Waals surface area contributed by atoms with Crippen LogP contribution in [0.1, 0.15) is 5.56 Å². The number of rotatable bonds is 8. The van der Waals surface area contributed by atoms with E-state index in [-0.39, 0.29) is 0 Å². The van der Waals surface area contributed by atoms with E-state index in [1.165, 1.54) is 66.3 Å². The van der Waals surface area contributed by atoms with Gasteiger partial charge in [0, 0.05) is 45.9 Å². The van der Waals surface area contributed by atoms with Gasteiger partial charge in [-0.3, -0.25) is 0 Å². The number of anilines is 3. The Morgan fingerprint density at radius 2 is 0.593 bits per heavy atom. The minimum Gasteiger partial charge on any atom is -0.344 e. The van der Waals surface area contributed by atoms with E-state index >= 15 is 0 Å². The van der Waals surface area contributed by atoms with Gasteiger partial charge in [-0.1, -0.05) is 195 Å². The monoisotopic (exact) mass is 756 g/mol. The molecule has 1 heterocycles. The van der Waals surface area contributed by atoms with E-state index in [0.717, 1.165) is 22.6 Å². The Morgan fingerprint density at radius 3 is 0.932 bits per heavy atom. The number of para-hydroxylation sites is 2. The van der Waals surface area contributed by atoms with Gasteiger partial charge in [0.2, 0.25) is 0 Å². The van der Waals surface area contributed by atoms with Crippen molar-refractivity contribution >= 4 is 44.9 Å². The largest absolute Gasteiger partial charge is 0.344 e. The molecule has 2 nitrogen and oxygen atoms in total. The number of aryl methyl sites for hydroxylation is 1. The molecule has 0 saturated carbocycles. The highest BCUT2D eigenvalue weighted by Crippen LogP contribution is 2.38. The molecule has 0 aliphatic rings. The third kappa shape index (κ3) is 7.85. The van der Waals surface area contributed by atoms with Gasteiger partial charge in [-0.15, -0.1) is 0 Å². The fourth-order valence-electron chi connectivity index (χ4n) is 7.90. The fourth-order valence-corrected chi connectivity index (χ4v) is 7.90. The summed E-state index contributed by atoms with van der Waals surface area (Å²) in [4.78, 5) is 2.32. The molecule has 0 saturated heterocycles. The Balaban J connectivity index is 0.000000268. The molecule has 0 amide bonds. The van der Waals surface area contributed by atoms with Crippen LogP contribution in [-0.4, -0.2) is 4.57 Å². The quantitative estimate of drug-likeness (QED) is 0.150. The van der Waals surface area contributed by atoms with Gasteiger partial charge in [0.25, 0.3) is 0 Å². The van der Waals surface area contributed by atoms with Crippen LogP contribution in [-0.2, 0) is 7.05 Å². The van der Waals surface area contributed by atoms with Crippen molar-refractivity contribution in [2.45, 2.75) is 0 Å². The van der Waals surface area contributed by atoms with Gasteiger partial charge in [-0.25, -0.2) is 0 Å². The predicted octanol–water partition coefficient (Wildman–Crippen LogP) is 15.8. The zero-order valence-corrected chi connectivity index (χ0v) is 33.1. The molecular formula is C57H44N2. The van der Waals surface area contributed by atoms with Crippen molar-refractivity contribution in [2.75, 3.05) is 4.90 Å². The standard InChI is InChI=1S/C44H33N.C13H11N/c1-2-33-13-15-36(16-14-33)40-23-29-43(30-24-40)45(42-27-21-39(22-28-42)35-11-7-4-8-12-35)44-31-25-41(26-32-44)38-19-17-37(18-20-38)34-9-5-3-6-10-34;1-14-12-8-4-2-6-10(12)11-7-3-5-9-13(11)14/h2-32H,1H2;2-9H,1H3. The number of aromatic nitrogens is 1. The van der Waals surface area contributed by atoms with E-state index in [1.54, 1.807) is 0 Å². The Labute approximate surface area is 347 Å². The first-order valence-corrected chi connectivity index (χ1v) is 20.1. The summed E-state index contributed by atoms with van der Waals surface area (Å²) < 4.78 is 2.24. The lowest BCUT2D eigenvalue weighted by Crippen LogP contribution is -2.09. The van der Waals surface area contributed by atoms with Gasteiger partial charge < -0.3 is 9.47 Å². The molecule has 2 heteroatoms. The molecule has 0 N–H and O–H groups in total. The minimum atomic E-state index is 1.11. The van der Waals surface area contributed by atoms with Crippen molar-refractivity contribution in [2.24, 2.45) is 7.05 Å². The minimum absolute atomic E-state index is 1.11. The Kier molecular flexibility index (Phi) is 10.5. The normalized spacial score (nSPS) is 10.9. The lowest BCUT2D eigenvalue weighted by atomic mass is 10.00. The van der Waals surface area contributed by atoms with Gasteiger partial charge in [-0.05, 0) is 98.6 Å². The summed E-state index contributed by atoms with van der Waals surface area (Å²) in [5.41, 5.74) is 16.7. The summed E-state index contributed by atoms with van der Waals surface area (Å²) in [6.07, 6.45) is 1.87. The molecule has 1 aromatic heterocycles. The van der Waals surface area contributed by atoms with Gasteiger partial charge in [0.1, 0.15) is 0 Å². The maximum atomic E-state index is 3.88. The molecule has 0 radical (unpaired) electrons. The molecule has 0 aliphatic carbocycles. The second-order valence-corrected chi connectivity index (χ2v) is 14.7. The molecule has 0 spiro atoms. The number of nitrogens with zero attached hydrogens (tertiary/aromatic N) is 2. The van der Waals surface area contributed by atoms with E-state index in [1.807, 2.05) is 6.08 Å². The van der Waals surface area contributed by atoms with Crippen LogP contribution < -0.4 is 4.90 Å². The number of fused-ring (bicyclic) bond motifs is 3. The van der Waals surface area contributed by atoms with Crippen molar-refractivity contribution in [3.05, 3.63) is 243 Å². The van der Waals surface area contributed by atoms with Gasteiger partial charge in [-0.2, -0.15) is 0 Å². The van der Waals surface area contributed by atoms with E-state index in [9.17, 15) is 0 Å². The second kappa shape index (κ2) is 16.8. The third-order valence-corrected chi connectivity index (χ3v) is 11.1. The fraction of sp³-hybridized carbons (Fsp3) is 0.0175. The van der Waals surface area contributed by atoms with E-state index < -0.39 is 0 Å². The highest BCUT2D eigenvalue weighted by molar-refractivity contribution is 6.07. The molecule has 0 fully saturated rings. The molecule has 0 aliphatic heterocycles.